The van der Waals surface area contributed by atoms with E-state index >= 15 is 0 Å². The summed E-state index contributed by atoms with van der Waals surface area (Å²) in [7, 11) is 0. The highest BCUT2D eigenvalue weighted by Gasteiger charge is 2.22. The van der Waals surface area contributed by atoms with Crippen LogP contribution in [0.25, 0.3) is 0 Å². The number of hydrogen-bond donors (Lipinski definition) is 1. The number of carbonyl (C=O) groups excluding carboxylic acids is 2. The zero-order valence-electron chi connectivity index (χ0n) is 14.9. The lowest BCUT2D eigenvalue weighted by Gasteiger charge is -2.33. The number of rotatable bonds is 5. The Kier molecular flexibility index (Phi) is 5.91. The Hall–Kier alpha value is -2.80. The van der Waals surface area contributed by atoms with Crippen LogP contribution in [0.4, 0.5) is 0 Å². The highest BCUT2D eigenvalue weighted by molar-refractivity contribution is 5.96. The predicted octanol–water partition coefficient (Wildman–Crippen LogP) is 1.18. The summed E-state index contributed by atoms with van der Waals surface area (Å²) >= 11 is 0. The van der Waals surface area contributed by atoms with Crippen molar-refractivity contribution < 1.29 is 9.59 Å². The summed E-state index contributed by atoms with van der Waals surface area (Å²) in [5.41, 5.74) is 1.51. The number of nitrogens with zero attached hydrogens (tertiary/aromatic N) is 4. The molecular formula is C19H23N5O2. The summed E-state index contributed by atoms with van der Waals surface area (Å²) in [5, 5.41) is 2.81. The van der Waals surface area contributed by atoms with E-state index in [9.17, 15) is 9.59 Å². The van der Waals surface area contributed by atoms with E-state index in [2.05, 4.69) is 27.1 Å². The van der Waals surface area contributed by atoms with Gasteiger partial charge in [0.15, 0.2) is 0 Å². The van der Waals surface area contributed by atoms with E-state index in [0.717, 1.165) is 25.2 Å². The molecule has 0 unspecified atom stereocenters. The van der Waals surface area contributed by atoms with Crippen molar-refractivity contribution in [3.05, 3.63) is 59.7 Å². The predicted molar refractivity (Wildman–Crippen MR) is 97.7 cm³/mol. The quantitative estimate of drug-likeness (QED) is 0.873. The molecule has 2 amide bonds. The molecule has 0 saturated carbocycles. The molecule has 0 atom stereocenters. The standard InChI is InChI=1S/C19H23N5O2/c1-2-23-10-12-24(13-11-23)19(26)17-5-3-4-16(22-17)18(25)21-14-15-6-8-20-9-7-15/h3-9H,2,10-14H2,1H3,(H,21,25). The number of likely N-dealkylation sites (N-methyl/N-ethyl adjacent to an activating group) is 1. The number of carbonyl (C=O) groups is 2. The van der Waals surface area contributed by atoms with E-state index in [-0.39, 0.29) is 17.5 Å². The fourth-order valence-corrected chi connectivity index (χ4v) is 2.88. The van der Waals surface area contributed by atoms with Gasteiger partial charge in [-0.15, -0.1) is 0 Å². The topological polar surface area (TPSA) is 78.4 Å². The van der Waals surface area contributed by atoms with Gasteiger partial charge in [0, 0.05) is 45.1 Å². The molecule has 1 aliphatic heterocycles. The maximum absolute atomic E-state index is 12.7. The molecule has 0 radical (unpaired) electrons. The summed E-state index contributed by atoms with van der Waals surface area (Å²) < 4.78 is 0. The lowest BCUT2D eigenvalue weighted by atomic mass is 10.2. The van der Waals surface area contributed by atoms with Gasteiger partial charge in [0.1, 0.15) is 11.4 Å². The van der Waals surface area contributed by atoms with Crippen LogP contribution in [0.1, 0.15) is 33.5 Å². The van der Waals surface area contributed by atoms with Crippen LogP contribution < -0.4 is 5.32 Å². The Morgan fingerprint density at radius 3 is 2.42 bits per heavy atom. The maximum Gasteiger partial charge on any atom is 0.272 e. The molecule has 3 rings (SSSR count). The van der Waals surface area contributed by atoms with Crippen LogP contribution in [0.15, 0.2) is 42.7 Å². The van der Waals surface area contributed by atoms with Crippen LogP contribution in [0.3, 0.4) is 0 Å². The van der Waals surface area contributed by atoms with Crippen LogP contribution in [0.5, 0.6) is 0 Å². The average molecular weight is 353 g/mol. The molecule has 1 saturated heterocycles. The zero-order valence-corrected chi connectivity index (χ0v) is 14.9. The molecule has 3 heterocycles. The van der Waals surface area contributed by atoms with E-state index in [0.29, 0.717) is 25.3 Å². The normalized spacial score (nSPS) is 14.9. The van der Waals surface area contributed by atoms with Gasteiger partial charge < -0.3 is 15.1 Å². The van der Waals surface area contributed by atoms with Crippen molar-refractivity contribution in [1.82, 2.24) is 25.1 Å². The molecule has 26 heavy (non-hydrogen) atoms. The Balaban J connectivity index is 1.62. The first-order valence-electron chi connectivity index (χ1n) is 8.83. The van der Waals surface area contributed by atoms with Gasteiger partial charge in [-0.25, -0.2) is 4.98 Å². The zero-order chi connectivity index (χ0) is 18.4. The van der Waals surface area contributed by atoms with Crippen molar-refractivity contribution in [1.29, 1.82) is 0 Å². The van der Waals surface area contributed by atoms with Crippen molar-refractivity contribution in [2.24, 2.45) is 0 Å². The minimum Gasteiger partial charge on any atom is -0.347 e. The Morgan fingerprint density at radius 2 is 1.73 bits per heavy atom. The molecule has 0 spiro atoms. The third kappa shape index (κ3) is 4.43. The molecule has 1 aliphatic rings. The smallest absolute Gasteiger partial charge is 0.272 e. The molecule has 2 aromatic rings. The third-order valence-electron chi connectivity index (χ3n) is 4.51. The number of pyridine rings is 2. The molecule has 0 aliphatic carbocycles. The highest BCUT2D eigenvalue weighted by Crippen LogP contribution is 2.08. The largest absolute Gasteiger partial charge is 0.347 e. The molecule has 2 aromatic heterocycles. The monoisotopic (exact) mass is 353 g/mol. The van der Waals surface area contributed by atoms with Crippen LogP contribution in [0.2, 0.25) is 0 Å². The summed E-state index contributed by atoms with van der Waals surface area (Å²) in [4.78, 5) is 37.3. The number of nitrogens with one attached hydrogen (secondary N) is 1. The SMILES string of the molecule is CCN1CCN(C(=O)c2cccc(C(=O)NCc3ccncc3)n2)CC1. The van der Waals surface area contributed by atoms with Crippen molar-refractivity contribution in [3.63, 3.8) is 0 Å². The van der Waals surface area contributed by atoms with E-state index in [4.69, 9.17) is 0 Å². The van der Waals surface area contributed by atoms with E-state index in [1.54, 1.807) is 35.5 Å². The second-order valence-corrected chi connectivity index (χ2v) is 6.17. The van der Waals surface area contributed by atoms with Gasteiger partial charge in [-0.3, -0.25) is 14.6 Å². The lowest BCUT2D eigenvalue weighted by Crippen LogP contribution is -2.48. The Labute approximate surface area is 153 Å². The first kappa shape index (κ1) is 18.0. The minimum absolute atomic E-state index is 0.121. The van der Waals surface area contributed by atoms with Crippen LogP contribution in [-0.2, 0) is 6.54 Å². The van der Waals surface area contributed by atoms with Gasteiger partial charge in [0.05, 0.1) is 0 Å². The number of aromatic nitrogens is 2. The molecule has 0 bridgehead atoms. The van der Waals surface area contributed by atoms with Crippen molar-refractivity contribution in [2.45, 2.75) is 13.5 Å². The van der Waals surface area contributed by atoms with Crippen LogP contribution in [0, 0.1) is 0 Å². The average Bonchev–Trinajstić information content (AvgIpc) is 2.72. The van der Waals surface area contributed by atoms with Gasteiger partial charge in [-0.1, -0.05) is 13.0 Å². The van der Waals surface area contributed by atoms with Gasteiger partial charge in [0.2, 0.25) is 0 Å². The summed E-state index contributed by atoms with van der Waals surface area (Å²) in [6, 6.07) is 8.65. The van der Waals surface area contributed by atoms with E-state index in [1.807, 2.05) is 12.1 Å². The molecule has 7 heteroatoms. The fourth-order valence-electron chi connectivity index (χ4n) is 2.88. The Bertz CT molecular complexity index is 758. The second kappa shape index (κ2) is 8.53. The fraction of sp³-hybridized carbons (Fsp3) is 0.368. The first-order chi connectivity index (χ1) is 12.7. The number of hydrogen-bond acceptors (Lipinski definition) is 5. The van der Waals surface area contributed by atoms with E-state index in [1.165, 1.54) is 0 Å². The van der Waals surface area contributed by atoms with Crippen molar-refractivity contribution >= 4 is 11.8 Å². The summed E-state index contributed by atoms with van der Waals surface area (Å²) in [6.45, 7) is 6.61. The minimum atomic E-state index is -0.299. The van der Waals surface area contributed by atoms with Crippen molar-refractivity contribution in [2.75, 3.05) is 32.7 Å². The molecule has 1 fully saturated rings. The van der Waals surface area contributed by atoms with Crippen molar-refractivity contribution in [3.8, 4) is 0 Å². The number of piperazine rings is 1. The van der Waals surface area contributed by atoms with Gasteiger partial charge in [0.25, 0.3) is 11.8 Å². The summed E-state index contributed by atoms with van der Waals surface area (Å²) in [5.74, 6) is -0.420. The maximum atomic E-state index is 12.7. The van der Waals surface area contributed by atoms with Gasteiger partial charge >= 0.3 is 0 Å². The molecule has 0 aromatic carbocycles. The highest BCUT2D eigenvalue weighted by atomic mass is 16.2. The second-order valence-electron chi connectivity index (χ2n) is 6.17. The van der Waals surface area contributed by atoms with E-state index < -0.39 is 0 Å². The van der Waals surface area contributed by atoms with Crippen LogP contribution in [-0.4, -0.2) is 64.3 Å². The number of amides is 2. The molecular weight excluding hydrogens is 330 g/mol. The molecule has 136 valence electrons. The first-order valence-corrected chi connectivity index (χ1v) is 8.83. The summed E-state index contributed by atoms with van der Waals surface area (Å²) in [6.07, 6.45) is 3.36. The third-order valence-corrected chi connectivity index (χ3v) is 4.51. The molecule has 7 nitrogen and oxygen atoms in total. The molecule has 1 N–H and O–H groups in total. The lowest BCUT2D eigenvalue weighted by molar-refractivity contribution is 0.0637. The van der Waals surface area contributed by atoms with Crippen LogP contribution >= 0.6 is 0 Å². The van der Waals surface area contributed by atoms with Gasteiger partial charge in [-0.2, -0.15) is 0 Å². The van der Waals surface area contributed by atoms with Gasteiger partial charge in [-0.05, 0) is 36.4 Å². The Morgan fingerprint density at radius 1 is 1.04 bits per heavy atom.